The van der Waals surface area contributed by atoms with Gasteiger partial charge in [0.05, 0.1) is 6.20 Å². The molecule has 0 saturated heterocycles. The highest BCUT2D eigenvalue weighted by Crippen LogP contribution is 2.12. The fourth-order valence-corrected chi connectivity index (χ4v) is 1.88. The van der Waals surface area contributed by atoms with E-state index in [0.29, 0.717) is 19.0 Å². The lowest BCUT2D eigenvalue weighted by molar-refractivity contribution is 0.616. The second kappa shape index (κ2) is 7.43. The van der Waals surface area contributed by atoms with E-state index in [1.807, 2.05) is 25.1 Å². The van der Waals surface area contributed by atoms with Crippen LogP contribution in [0.4, 0.5) is 16.2 Å². The molecule has 2 rings (SSSR count). The summed E-state index contributed by atoms with van der Waals surface area (Å²) >= 11 is 0. The van der Waals surface area contributed by atoms with Gasteiger partial charge in [-0.05, 0) is 25.3 Å². The van der Waals surface area contributed by atoms with Crippen LogP contribution in [-0.4, -0.2) is 23.1 Å². The first-order chi connectivity index (χ1) is 9.79. The minimum absolute atomic E-state index is 0.254. The summed E-state index contributed by atoms with van der Waals surface area (Å²) in [4.78, 5) is 7.97. The van der Waals surface area contributed by atoms with Crippen molar-refractivity contribution in [2.75, 3.05) is 23.7 Å². The van der Waals surface area contributed by atoms with Crippen molar-refractivity contribution in [3.63, 3.8) is 0 Å². The van der Waals surface area contributed by atoms with Gasteiger partial charge in [-0.15, -0.1) is 0 Å². The Hall–Kier alpha value is -2.17. The number of rotatable bonds is 7. The van der Waals surface area contributed by atoms with Crippen molar-refractivity contribution in [1.82, 2.24) is 9.97 Å². The van der Waals surface area contributed by atoms with Crippen molar-refractivity contribution < 1.29 is 4.39 Å². The molecule has 1 aromatic heterocycles. The molecule has 0 aliphatic heterocycles. The third-order valence-electron chi connectivity index (χ3n) is 2.86. The fourth-order valence-electron chi connectivity index (χ4n) is 1.88. The minimum Gasteiger partial charge on any atom is -0.367 e. The molecular weight excluding hydrogens is 255 g/mol. The predicted molar refractivity (Wildman–Crippen MR) is 79.4 cm³/mol. The summed E-state index contributed by atoms with van der Waals surface area (Å²) < 4.78 is 13.5. The smallest absolute Gasteiger partial charge is 0.224 e. The van der Waals surface area contributed by atoms with E-state index in [9.17, 15) is 4.39 Å². The van der Waals surface area contributed by atoms with Crippen LogP contribution in [0.3, 0.4) is 0 Å². The zero-order valence-corrected chi connectivity index (χ0v) is 11.6. The van der Waals surface area contributed by atoms with Crippen molar-refractivity contribution in [2.24, 2.45) is 0 Å². The average Bonchev–Trinajstić information content (AvgIpc) is 2.48. The maximum Gasteiger partial charge on any atom is 0.224 e. The maximum atomic E-state index is 13.5. The number of nitrogens with one attached hydrogen (secondary N) is 2. The van der Waals surface area contributed by atoms with E-state index in [2.05, 4.69) is 32.7 Å². The van der Waals surface area contributed by atoms with Crippen LogP contribution >= 0.6 is 0 Å². The summed E-state index contributed by atoms with van der Waals surface area (Å²) in [6.07, 6.45) is 3.06. The van der Waals surface area contributed by atoms with E-state index in [4.69, 9.17) is 0 Å². The monoisotopic (exact) mass is 274 g/mol. The fraction of sp³-hybridized carbons (Fsp3) is 0.333. The van der Waals surface area contributed by atoms with Gasteiger partial charge in [0, 0.05) is 13.1 Å². The molecule has 0 amide bonds. The molecule has 0 saturated carbocycles. The van der Waals surface area contributed by atoms with Gasteiger partial charge in [0.2, 0.25) is 5.95 Å². The molecule has 2 N–H and O–H groups in total. The van der Waals surface area contributed by atoms with E-state index in [1.165, 1.54) is 11.8 Å². The number of anilines is 2. The van der Waals surface area contributed by atoms with Crippen LogP contribution in [0.5, 0.6) is 0 Å². The van der Waals surface area contributed by atoms with Gasteiger partial charge >= 0.3 is 0 Å². The first-order valence-corrected chi connectivity index (χ1v) is 6.84. The normalized spacial score (nSPS) is 10.3. The molecule has 2 aromatic rings. The highest BCUT2D eigenvalue weighted by Gasteiger charge is 2.05. The molecule has 0 fully saturated rings. The minimum atomic E-state index is -0.425. The summed E-state index contributed by atoms with van der Waals surface area (Å²) in [6, 6.07) is 10.2. The van der Waals surface area contributed by atoms with Crippen LogP contribution in [0, 0.1) is 5.82 Å². The molecule has 0 unspecified atom stereocenters. The van der Waals surface area contributed by atoms with Crippen LogP contribution in [-0.2, 0) is 6.42 Å². The van der Waals surface area contributed by atoms with Crippen molar-refractivity contribution in [3.8, 4) is 0 Å². The van der Waals surface area contributed by atoms with Gasteiger partial charge in [-0.2, -0.15) is 4.98 Å². The summed E-state index contributed by atoms with van der Waals surface area (Å²) in [5.74, 6) is 0.273. The highest BCUT2D eigenvalue weighted by molar-refractivity contribution is 5.40. The molecule has 4 nitrogen and oxygen atoms in total. The summed E-state index contributed by atoms with van der Waals surface area (Å²) in [6.45, 7) is 3.33. The first-order valence-electron chi connectivity index (χ1n) is 6.84. The van der Waals surface area contributed by atoms with E-state index < -0.39 is 5.82 Å². The van der Waals surface area contributed by atoms with E-state index >= 15 is 0 Å². The lowest BCUT2D eigenvalue weighted by Crippen LogP contribution is -2.10. The Labute approximate surface area is 118 Å². The number of aryl methyl sites for hydroxylation is 1. The Morgan fingerprint density at radius 2 is 1.95 bits per heavy atom. The van der Waals surface area contributed by atoms with Crippen LogP contribution in [0.15, 0.2) is 36.5 Å². The lowest BCUT2D eigenvalue weighted by atomic mass is 10.1. The Morgan fingerprint density at radius 3 is 2.70 bits per heavy atom. The number of aromatic nitrogens is 2. The van der Waals surface area contributed by atoms with E-state index in [0.717, 1.165) is 12.8 Å². The second-order valence-electron chi connectivity index (χ2n) is 4.44. The summed E-state index contributed by atoms with van der Waals surface area (Å²) in [7, 11) is 0. The van der Waals surface area contributed by atoms with Crippen molar-refractivity contribution in [3.05, 3.63) is 47.9 Å². The van der Waals surface area contributed by atoms with Gasteiger partial charge in [-0.1, -0.05) is 30.3 Å². The van der Waals surface area contributed by atoms with Gasteiger partial charge in [-0.25, -0.2) is 9.37 Å². The van der Waals surface area contributed by atoms with Crippen molar-refractivity contribution >= 4 is 11.8 Å². The SMILES string of the molecule is CCNc1ncc(F)c(NCCCc2ccccc2)n1. The molecule has 0 bridgehead atoms. The lowest BCUT2D eigenvalue weighted by Gasteiger charge is -2.08. The molecule has 1 aromatic carbocycles. The number of benzene rings is 1. The largest absolute Gasteiger partial charge is 0.367 e. The van der Waals surface area contributed by atoms with E-state index in [1.54, 1.807) is 0 Å². The number of halogens is 1. The molecule has 1 heterocycles. The molecule has 0 spiro atoms. The molecule has 0 aliphatic carbocycles. The van der Waals surface area contributed by atoms with Gasteiger partial charge in [0.15, 0.2) is 11.6 Å². The molecular formula is C15H19FN4. The molecule has 0 radical (unpaired) electrons. The summed E-state index contributed by atoms with van der Waals surface area (Å²) in [5, 5.41) is 5.98. The quantitative estimate of drug-likeness (QED) is 0.762. The summed E-state index contributed by atoms with van der Waals surface area (Å²) in [5.41, 5.74) is 1.28. The third kappa shape index (κ3) is 4.19. The van der Waals surface area contributed by atoms with Crippen molar-refractivity contribution in [1.29, 1.82) is 0 Å². The topological polar surface area (TPSA) is 49.8 Å². The molecule has 0 atom stereocenters. The maximum absolute atomic E-state index is 13.5. The van der Waals surface area contributed by atoms with Gasteiger partial charge in [0.25, 0.3) is 0 Å². The number of hydrogen-bond donors (Lipinski definition) is 2. The Balaban J connectivity index is 1.83. The number of nitrogens with zero attached hydrogens (tertiary/aromatic N) is 2. The Kier molecular flexibility index (Phi) is 5.29. The van der Waals surface area contributed by atoms with Gasteiger partial charge in [0.1, 0.15) is 0 Å². The van der Waals surface area contributed by atoms with Crippen LogP contribution in [0.25, 0.3) is 0 Å². The highest BCUT2D eigenvalue weighted by atomic mass is 19.1. The van der Waals surface area contributed by atoms with Crippen LogP contribution in [0.2, 0.25) is 0 Å². The molecule has 106 valence electrons. The van der Waals surface area contributed by atoms with Crippen molar-refractivity contribution in [2.45, 2.75) is 19.8 Å². The first kappa shape index (κ1) is 14.2. The average molecular weight is 274 g/mol. The molecule has 5 heteroatoms. The molecule has 20 heavy (non-hydrogen) atoms. The number of hydrogen-bond acceptors (Lipinski definition) is 4. The molecule has 0 aliphatic rings. The Morgan fingerprint density at radius 1 is 1.15 bits per heavy atom. The van der Waals surface area contributed by atoms with E-state index in [-0.39, 0.29) is 5.82 Å². The van der Waals surface area contributed by atoms with Gasteiger partial charge < -0.3 is 10.6 Å². The zero-order valence-electron chi connectivity index (χ0n) is 11.6. The van der Waals surface area contributed by atoms with Crippen LogP contribution < -0.4 is 10.6 Å². The van der Waals surface area contributed by atoms with Crippen LogP contribution in [0.1, 0.15) is 18.9 Å². The van der Waals surface area contributed by atoms with Gasteiger partial charge in [-0.3, -0.25) is 0 Å². The predicted octanol–water partition coefficient (Wildman–Crippen LogP) is 3.09. The standard InChI is InChI=1S/C15H19FN4/c1-2-17-15-19-11-13(16)14(20-15)18-10-6-9-12-7-4-3-5-8-12/h3-5,7-8,11H,2,6,9-10H2,1H3,(H2,17,18,19,20). The Bertz CT molecular complexity index is 531. The third-order valence-corrected chi connectivity index (χ3v) is 2.86. The second-order valence-corrected chi connectivity index (χ2v) is 4.44. The zero-order chi connectivity index (χ0) is 14.2.